The Balaban J connectivity index is 2.78. The van der Waals surface area contributed by atoms with Gasteiger partial charge in [-0.2, -0.15) is 0 Å². The number of likely N-dealkylation sites (N-methyl/N-ethyl adjacent to an activating group) is 1. The van der Waals surface area contributed by atoms with Crippen LogP contribution >= 0.6 is 0 Å². The highest BCUT2D eigenvalue weighted by Gasteiger charge is 2.28. The first kappa shape index (κ1) is 16.5. The lowest BCUT2D eigenvalue weighted by atomic mass is 10.00. The van der Waals surface area contributed by atoms with Crippen LogP contribution < -0.4 is 15.4 Å². The van der Waals surface area contributed by atoms with Crippen LogP contribution in [-0.4, -0.2) is 25.1 Å². The minimum absolute atomic E-state index is 0.0158. The number of hydrogen-bond donors (Lipinski definition) is 2. The SMILES string of the molecule is CCNC(C)(C)C(=O)NC(CC)c1ccc(OC)cc1. The van der Waals surface area contributed by atoms with Gasteiger partial charge in [0, 0.05) is 0 Å². The third kappa shape index (κ3) is 4.23. The van der Waals surface area contributed by atoms with E-state index in [0.29, 0.717) is 0 Å². The number of carbonyl (C=O) groups excluding carboxylic acids is 1. The molecule has 0 aliphatic heterocycles. The minimum Gasteiger partial charge on any atom is -0.497 e. The van der Waals surface area contributed by atoms with Crippen molar-refractivity contribution in [2.75, 3.05) is 13.7 Å². The monoisotopic (exact) mass is 278 g/mol. The summed E-state index contributed by atoms with van der Waals surface area (Å²) in [5.41, 5.74) is 0.531. The van der Waals surface area contributed by atoms with E-state index in [0.717, 1.165) is 24.3 Å². The number of carbonyl (C=O) groups is 1. The molecule has 0 aromatic heterocycles. The Bertz CT molecular complexity index is 427. The first-order chi connectivity index (χ1) is 9.44. The maximum absolute atomic E-state index is 12.3. The largest absolute Gasteiger partial charge is 0.497 e. The summed E-state index contributed by atoms with van der Waals surface area (Å²) < 4.78 is 5.15. The average molecular weight is 278 g/mol. The molecule has 0 aliphatic rings. The van der Waals surface area contributed by atoms with Gasteiger partial charge in [-0.15, -0.1) is 0 Å². The van der Waals surface area contributed by atoms with Gasteiger partial charge in [0.05, 0.1) is 18.7 Å². The van der Waals surface area contributed by atoms with E-state index < -0.39 is 5.54 Å². The van der Waals surface area contributed by atoms with E-state index in [-0.39, 0.29) is 11.9 Å². The first-order valence-corrected chi connectivity index (χ1v) is 7.14. The molecule has 0 aliphatic carbocycles. The van der Waals surface area contributed by atoms with Gasteiger partial charge in [0.15, 0.2) is 0 Å². The third-order valence-corrected chi connectivity index (χ3v) is 3.42. The molecule has 112 valence electrons. The van der Waals surface area contributed by atoms with Crippen molar-refractivity contribution in [2.24, 2.45) is 0 Å². The van der Waals surface area contributed by atoms with Gasteiger partial charge in [-0.1, -0.05) is 26.0 Å². The molecular weight excluding hydrogens is 252 g/mol. The molecule has 20 heavy (non-hydrogen) atoms. The van der Waals surface area contributed by atoms with E-state index in [4.69, 9.17) is 4.74 Å². The van der Waals surface area contributed by atoms with Crippen molar-refractivity contribution in [3.05, 3.63) is 29.8 Å². The second-order valence-corrected chi connectivity index (χ2v) is 5.36. The molecule has 0 heterocycles. The molecular formula is C16H26N2O2. The van der Waals surface area contributed by atoms with E-state index in [9.17, 15) is 4.79 Å². The van der Waals surface area contributed by atoms with Crippen molar-refractivity contribution in [3.63, 3.8) is 0 Å². The zero-order chi connectivity index (χ0) is 15.2. The second kappa shape index (κ2) is 7.29. The molecule has 4 heteroatoms. The molecule has 0 fully saturated rings. The van der Waals surface area contributed by atoms with Crippen LogP contribution in [0.25, 0.3) is 0 Å². The van der Waals surface area contributed by atoms with Crippen molar-refractivity contribution in [2.45, 2.75) is 45.7 Å². The Hall–Kier alpha value is -1.55. The summed E-state index contributed by atoms with van der Waals surface area (Å²) in [6.07, 6.45) is 0.847. The lowest BCUT2D eigenvalue weighted by Gasteiger charge is -2.28. The van der Waals surface area contributed by atoms with Gasteiger partial charge in [-0.25, -0.2) is 0 Å². The van der Waals surface area contributed by atoms with Gasteiger partial charge in [-0.3, -0.25) is 4.79 Å². The summed E-state index contributed by atoms with van der Waals surface area (Å²) in [5.74, 6) is 0.838. The number of benzene rings is 1. The van der Waals surface area contributed by atoms with Crippen molar-refractivity contribution in [1.82, 2.24) is 10.6 Å². The first-order valence-electron chi connectivity index (χ1n) is 7.14. The highest BCUT2D eigenvalue weighted by atomic mass is 16.5. The summed E-state index contributed by atoms with van der Waals surface area (Å²) in [7, 11) is 1.65. The lowest BCUT2D eigenvalue weighted by Crippen LogP contribution is -2.53. The predicted molar refractivity (Wildman–Crippen MR) is 81.9 cm³/mol. The number of nitrogens with one attached hydrogen (secondary N) is 2. The molecule has 2 N–H and O–H groups in total. The standard InChI is InChI=1S/C16H26N2O2/c1-6-14(12-8-10-13(20-5)11-9-12)18-15(19)16(3,4)17-7-2/h8-11,14,17H,6-7H2,1-5H3,(H,18,19). The summed E-state index contributed by atoms with van der Waals surface area (Å²) in [6.45, 7) is 8.62. The van der Waals surface area contributed by atoms with Crippen LogP contribution in [-0.2, 0) is 4.79 Å². The van der Waals surface area contributed by atoms with Gasteiger partial charge in [0.25, 0.3) is 0 Å². The van der Waals surface area contributed by atoms with Crippen LogP contribution in [0.5, 0.6) is 5.75 Å². The Morgan fingerprint density at radius 2 is 1.85 bits per heavy atom. The zero-order valence-corrected chi connectivity index (χ0v) is 13.1. The van der Waals surface area contributed by atoms with Crippen LogP contribution in [0.1, 0.15) is 45.7 Å². The smallest absolute Gasteiger partial charge is 0.240 e. The molecule has 1 aromatic carbocycles. The summed E-state index contributed by atoms with van der Waals surface area (Å²) >= 11 is 0. The molecule has 1 rings (SSSR count). The second-order valence-electron chi connectivity index (χ2n) is 5.36. The molecule has 1 aromatic rings. The molecule has 1 unspecified atom stereocenters. The maximum Gasteiger partial charge on any atom is 0.240 e. The highest BCUT2D eigenvalue weighted by molar-refractivity contribution is 5.85. The summed E-state index contributed by atoms with van der Waals surface area (Å²) in [5, 5.41) is 6.29. The van der Waals surface area contributed by atoms with Crippen LogP contribution in [0.2, 0.25) is 0 Å². The van der Waals surface area contributed by atoms with E-state index in [1.54, 1.807) is 7.11 Å². The molecule has 0 bridgehead atoms. The maximum atomic E-state index is 12.3. The van der Waals surface area contributed by atoms with Crippen molar-refractivity contribution >= 4 is 5.91 Å². The van der Waals surface area contributed by atoms with Crippen LogP contribution in [0.4, 0.5) is 0 Å². The summed E-state index contributed by atoms with van der Waals surface area (Å²) in [4.78, 5) is 12.3. The van der Waals surface area contributed by atoms with Gasteiger partial charge in [-0.05, 0) is 44.5 Å². The quantitative estimate of drug-likeness (QED) is 0.806. The topological polar surface area (TPSA) is 50.4 Å². The zero-order valence-electron chi connectivity index (χ0n) is 13.1. The van der Waals surface area contributed by atoms with Gasteiger partial charge >= 0.3 is 0 Å². The Morgan fingerprint density at radius 3 is 2.30 bits per heavy atom. The Kier molecular flexibility index (Phi) is 6.02. The van der Waals surface area contributed by atoms with E-state index in [1.807, 2.05) is 45.0 Å². The van der Waals surface area contributed by atoms with Crippen LogP contribution in [0, 0.1) is 0 Å². The Labute approximate surface area is 121 Å². The fraction of sp³-hybridized carbons (Fsp3) is 0.562. The molecule has 0 spiro atoms. The third-order valence-electron chi connectivity index (χ3n) is 3.42. The van der Waals surface area contributed by atoms with Crippen molar-refractivity contribution in [1.29, 1.82) is 0 Å². The molecule has 4 nitrogen and oxygen atoms in total. The Morgan fingerprint density at radius 1 is 1.25 bits per heavy atom. The number of methoxy groups -OCH3 is 1. The fourth-order valence-electron chi connectivity index (χ4n) is 2.12. The molecule has 1 atom stereocenters. The van der Waals surface area contributed by atoms with E-state index >= 15 is 0 Å². The average Bonchev–Trinajstić information content (AvgIpc) is 2.44. The number of hydrogen-bond acceptors (Lipinski definition) is 3. The number of amides is 1. The molecule has 1 amide bonds. The minimum atomic E-state index is -0.561. The molecule has 0 radical (unpaired) electrons. The highest BCUT2D eigenvalue weighted by Crippen LogP contribution is 2.20. The normalized spacial score (nSPS) is 12.8. The van der Waals surface area contributed by atoms with Crippen molar-refractivity contribution in [3.8, 4) is 5.75 Å². The van der Waals surface area contributed by atoms with Crippen molar-refractivity contribution < 1.29 is 9.53 Å². The van der Waals surface area contributed by atoms with Gasteiger partial charge < -0.3 is 15.4 Å². The number of ether oxygens (including phenoxy) is 1. The number of rotatable bonds is 7. The predicted octanol–water partition coefficient (Wildman–Crippen LogP) is 2.65. The van der Waals surface area contributed by atoms with E-state index in [2.05, 4.69) is 17.6 Å². The fourth-order valence-corrected chi connectivity index (χ4v) is 2.12. The lowest BCUT2D eigenvalue weighted by molar-refractivity contribution is -0.127. The summed E-state index contributed by atoms with van der Waals surface area (Å²) in [6, 6.07) is 7.84. The molecule has 0 saturated carbocycles. The van der Waals surface area contributed by atoms with Crippen LogP contribution in [0.15, 0.2) is 24.3 Å². The van der Waals surface area contributed by atoms with Crippen LogP contribution in [0.3, 0.4) is 0 Å². The van der Waals surface area contributed by atoms with E-state index in [1.165, 1.54) is 0 Å². The van der Waals surface area contributed by atoms with Gasteiger partial charge in [0.1, 0.15) is 5.75 Å². The van der Waals surface area contributed by atoms with Gasteiger partial charge in [0.2, 0.25) is 5.91 Å². The molecule has 0 saturated heterocycles.